The van der Waals surface area contributed by atoms with E-state index in [1.807, 2.05) is 24.3 Å². The van der Waals surface area contributed by atoms with Gasteiger partial charge in [-0.15, -0.1) is 11.3 Å². The minimum Gasteiger partial charge on any atom is -0.282 e. The zero-order valence-corrected chi connectivity index (χ0v) is 21.8. The fraction of sp³-hybridized carbons (Fsp3) is 0.320. The Morgan fingerprint density at radius 3 is 2.66 bits per heavy atom. The first kappa shape index (κ1) is 24.1. The van der Waals surface area contributed by atoms with Crippen LogP contribution in [0.15, 0.2) is 64.3 Å². The molecular weight excluding hydrogens is 501 g/mol. The van der Waals surface area contributed by atoms with Crippen molar-refractivity contribution in [2.24, 2.45) is 5.92 Å². The molecule has 0 N–H and O–H groups in total. The van der Waals surface area contributed by atoms with Crippen molar-refractivity contribution in [3.63, 3.8) is 0 Å². The van der Waals surface area contributed by atoms with Gasteiger partial charge in [-0.3, -0.25) is 14.7 Å². The molecular formula is C25H26N4O3S3. The first-order chi connectivity index (χ1) is 17.0. The van der Waals surface area contributed by atoms with Gasteiger partial charge in [0.1, 0.15) is 4.21 Å². The number of carbonyl (C=O) groups excluding carboxylic acids is 1. The fourth-order valence-corrected chi connectivity index (χ4v) is 7.93. The molecule has 0 spiro atoms. The van der Waals surface area contributed by atoms with Crippen molar-refractivity contribution in [3.05, 3.63) is 71.4 Å². The molecule has 4 aromatic rings. The van der Waals surface area contributed by atoms with Crippen LogP contribution < -0.4 is 4.90 Å². The highest BCUT2D eigenvalue weighted by Crippen LogP contribution is 2.33. The quantitative estimate of drug-likeness (QED) is 0.340. The minimum atomic E-state index is -3.51. The number of fused-ring (bicyclic) bond motifs is 1. The van der Waals surface area contributed by atoms with E-state index in [1.54, 1.807) is 28.6 Å². The summed E-state index contributed by atoms with van der Waals surface area (Å²) in [6, 6.07) is 15.2. The lowest BCUT2D eigenvalue weighted by atomic mass is 9.96. The summed E-state index contributed by atoms with van der Waals surface area (Å²) in [6.07, 6.45) is 3.62. The van der Waals surface area contributed by atoms with Crippen molar-refractivity contribution in [2.45, 2.75) is 36.9 Å². The molecule has 0 bridgehead atoms. The van der Waals surface area contributed by atoms with Gasteiger partial charge in [0.05, 0.1) is 22.5 Å². The molecule has 10 heteroatoms. The molecule has 1 aliphatic heterocycles. The molecule has 0 aliphatic carbocycles. The van der Waals surface area contributed by atoms with Crippen molar-refractivity contribution in [1.82, 2.24) is 14.3 Å². The fourth-order valence-electron chi connectivity index (χ4n) is 4.29. The topological polar surface area (TPSA) is 83.5 Å². The van der Waals surface area contributed by atoms with E-state index in [0.29, 0.717) is 41.8 Å². The molecule has 3 aromatic heterocycles. The summed E-state index contributed by atoms with van der Waals surface area (Å²) >= 11 is 2.73. The summed E-state index contributed by atoms with van der Waals surface area (Å²) in [4.78, 5) is 24.7. The Labute approximate surface area is 213 Å². The van der Waals surface area contributed by atoms with Crippen LogP contribution >= 0.6 is 22.7 Å². The number of sulfonamides is 1. The molecule has 4 heterocycles. The molecule has 1 fully saturated rings. The third-order valence-electron chi connectivity index (χ3n) is 6.29. The molecule has 35 heavy (non-hydrogen) atoms. The number of pyridine rings is 1. The van der Waals surface area contributed by atoms with Gasteiger partial charge in [0.15, 0.2) is 5.13 Å². The highest BCUT2D eigenvalue weighted by molar-refractivity contribution is 7.91. The number of thiophene rings is 1. The van der Waals surface area contributed by atoms with Gasteiger partial charge in [-0.25, -0.2) is 13.4 Å². The molecule has 0 saturated carbocycles. The first-order valence-electron chi connectivity index (χ1n) is 11.6. The number of thiazole rings is 1. The molecule has 7 nitrogen and oxygen atoms in total. The van der Waals surface area contributed by atoms with E-state index in [-0.39, 0.29) is 11.8 Å². The van der Waals surface area contributed by atoms with Crippen LogP contribution in [0.3, 0.4) is 0 Å². The summed E-state index contributed by atoms with van der Waals surface area (Å²) < 4.78 is 28.7. The van der Waals surface area contributed by atoms with Crippen LogP contribution in [0.4, 0.5) is 5.13 Å². The van der Waals surface area contributed by atoms with E-state index in [0.717, 1.165) is 22.3 Å². The molecule has 1 saturated heterocycles. The lowest BCUT2D eigenvalue weighted by Crippen LogP contribution is -2.44. The number of benzene rings is 1. The highest BCUT2D eigenvalue weighted by atomic mass is 32.2. The number of aryl methyl sites for hydroxylation is 1. The second-order valence-corrected chi connectivity index (χ2v) is 12.6. The van der Waals surface area contributed by atoms with Gasteiger partial charge in [0.2, 0.25) is 5.91 Å². The number of hydrogen-bond donors (Lipinski definition) is 0. The predicted octanol–water partition coefficient (Wildman–Crippen LogP) is 4.95. The van der Waals surface area contributed by atoms with Crippen LogP contribution in [0.1, 0.15) is 31.0 Å². The van der Waals surface area contributed by atoms with Crippen LogP contribution in [0.5, 0.6) is 0 Å². The number of carbonyl (C=O) groups is 1. The van der Waals surface area contributed by atoms with Crippen LogP contribution in [0, 0.1) is 5.92 Å². The van der Waals surface area contributed by atoms with Crippen molar-refractivity contribution in [1.29, 1.82) is 0 Å². The smallest absolute Gasteiger partial charge is 0.252 e. The molecule has 0 atom stereocenters. The normalized spacial score (nSPS) is 15.5. The van der Waals surface area contributed by atoms with E-state index >= 15 is 0 Å². The lowest BCUT2D eigenvalue weighted by Gasteiger charge is -2.32. The van der Waals surface area contributed by atoms with Crippen LogP contribution in [-0.4, -0.2) is 41.7 Å². The molecule has 182 valence electrons. The van der Waals surface area contributed by atoms with E-state index in [4.69, 9.17) is 4.98 Å². The zero-order chi connectivity index (χ0) is 24.4. The predicted molar refractivity (Wildman–Crippen MR) is 140 cm³/mol. The highest BCUT2D eigenvalue weighted by Gasteiger charge is 2.35. The summed E-state index contributed by atoms with van der Waals surface area (Å²) in [7, 11) is -3.51. The Morgan fingerprint density at radius 1 is 1.14 bits per heavy atom. The first-order valence-corrected chi connectivity index (χ1v) is 14.7. The molecule has 5 rings (SSSR count). The molecule has 0 unspecified atom stereocenters. The van der Waals surface area contributed by atoms with E-state index in [9.17, 15) is 13.2 Å². The van der Waals surface area contributed by atoms with Crippen LogP contribution in [-0.2, 0) is 27.8 Å². The van der Waals surface area contributed by atoms with E-state index < -0.39 is 10.0 Å². The Balaban J connectivity index is 1.39. The second-order valence-electron chi connectivity index (χ2n) is 8.51. The summed E-state index contributed by atoms with van der Waals surface area (Å²) in [5.74, 6) is -0.301. The Morgan fingerprint density at radius 2 is 1.97 bits per heavy atom. The van der Waals surface area contributed by atoms with Crippen LogP contribution in [0.25, 0.3) is 10.2 Å². The number of anilines is 1. The maximum Gasteiger partial charge on any atom is 0.252 e. The van der Waals surface area contributed by atoms with Crippen molar-refractivity contribution in [3.8, 4) is 0 Å². The van der Waals surface area contributed by atoms with Gasteiger partial charge in [-0.1, -0.05) is 36.5 Å². The largest absolute Gasteiger partial charge is 0.282 e. The summed E-state index contributed by atoms with van der Waals surface area (Å²) in [5, 5.41) is 2.41. The Hall–Kier alpha value is -2.66. The van der Waals surface area contributed by atoms with Crippen molar-refractivity contribution >= 4 is 54.0 Å². The molecule has 1 amide bonds. The van der Waals surface area contributed by atoms with Crippen molar-refractivity contribution < 1.29 is 13.2 Å². The van der Waals surface area contributed by atoms with Gasteiger partial charge in [0.25, 0.3) is 10.0 Å². The Kier molecular flexibility index (Phi) is 6.97. The van der Waals surface area contributed by atoms with Crippen LogP contribution in [0.2, 0.25) is 0 Å². The lowest BCUT2D eigenvalue weighted by molar-refractivity contribution is -0.123. The summed E-state index contributed by atoms with van der Waals surface area (Å²) in [5.41, 5.74) is 2.89. The second kappa shape index (κ2) is 10.1. The van der Waals surface area contributed by atoms with Gasteiger partial charge in [0, 0.05) is 25.2 Å². The number of piperidine rings is 1. The summed E-state index contributed by atoms with van der Waals surface area (Å²) in [6.45, 7) is 3.10. The Bertz CT molecular complexity index is 1410. The molecule has 0 radical (unpaired) electrons. The monoisotopic (exact) mass is 526 g/mol. The van der Waals surface area contributed by atoms with Gasteiger partial charge in [-0.2, -0.15) is 4.31 Å². The number of aromatic nitrogens is 2. The van der Waals surface area contributed by atoms with Crippen molar-refractivity contribution in [2.75, 3.05) is 18.0 Å². The maximum atomic E-state index is 13.8. The number of hydrogen-bond acceptors (Lipinski definition) is 7. The minimum absolute atomic E-state index is 0.0291. The third-order valence-corrected chi connectivity index (χ3v) is 10.6. The maximum absolute atomic E-state index is 13.8. The van der Waals surface area contributed by atoms with E-state index in [1.165, 1.54) is 32.5 Å². The number of amides is 1. The average Bonchev–Trinajstić information content (AvgIpc) is 3.58. The van der Waals surface area contributed by atoms with Gasteiger partial charge >= 0.3 is 0 Å². The van der Waals surface area contributed by atoms with Gasteiger partial charge < -0.3 is 0 Å². The average molecular weight is 527 g/mol. The SMILES string of the molecule is CCc1ccc2nc(N(Cc3ccccn3)C(=O)C3CCN(S(=O)(=O)c4cccs4)CC3)sc2c1. The molecule has 1 aromatic carbocycles. The zero-order valence-electron chi connectivity index (χ0n) is 19.3. The molecule has 1 aliphatic rings. The third kappa shape index (κ3) is 5.02. The number of rotatable bonds is 7. The van der Waals surface area contributed by atoms with E-state index in [2.05, 4.69) is 24.0 Å². The number of nitrogens with zero attached hydrogens (tertiary/aromatic N) is 4. The van der Waals surface area contributed by atoms with Gasteiger partial charge in [-0.05, 0) is 60.5 Å². The standard InChI is InChI=1S/C25H26N4O3S3/c1-2-18-8-9-21-22(16-18)34-25(27-21)29(17-20-6-3-4-12-26-20)24(30)19-10-13-28(14-11-19)35(31,32)23-7-5-15-33-23/h3-9,12,15-16,19H,2,10-11,13-14,17H2,1H3.